The molecular formula is C14H30. The predicted octanol–water partition coefficient (Wildman–Crippen LogP) is 5.13. The monoisotopic (exact) mass is 198 g/mol. The van der Waals surface area contributed by atoms with Crippen LogP contribution in [0.2, 0.25) is 0 Å². The van der Waals surface area contributed by atoms with E-state index in [1.165, 1.54) is 19.3 Å². The summed E-state index contributed by atoms with van der Waals surface area (Å²) < 4.78 is 0. The molecule has 86 valence electrons. The second-order valence-corrected chi connectivity index (χ2v) is 6.13. The van der Waals surface area contributed by atoms with Crippen LogP contribution in [0.25, 0.3) is 0 Å². The van der Waals surface area contributed by atoms with E-state index in [1.807, 2.05) is 0 Å². The van der Waals surface area contributed by atoms with Crippen molar-refractivity contribution >= 4 is 0 Å². The molecule has 0 saturated heterocycles. The van der Waals surface area contributed by atoms with Crippen LogP contribution >= 0.6 is 0 Å². The van der Waals surface area contributed by atoms with E-state index in [4.69, 9.17) is 0 Å². The lowest BCUT2D eigenvalue weighted by Crippen LogP contribution is -2.27. The quantitative estimate of drug-likeness (QED) is 0.555. The molecule has 2 atom stereocenters. The van der Waals surface area contributed by atoms with Crippen LogP contribution in [0.3, 0.4) is 0 Å². The Morgan fingerprint density at radius 2 is 1.50 bits per heavy atom. The highest BCUT2D eigenvalue weighted by Crippen LogP contribution is 2.38. The summed E-state index contributed by atoms with van der Waals surface area (Å²) in [6.45, 7) is 16.7. The van der Waals surface area contributed by atoms with E-state index in [9.17, 15) is 0 Å². The molecule has 0 aliphatic heterocycles. The van der Waals surface area contributed by atoms with Crippen molar-refractivity contribution < 1.29 is 0 Å². The minimum Gasteiger partial charge on any atom is -0.0654 e. The average molecular weight is 198 g/mol. The van der Waals surface area contributed by atoms with Crippen LogP contribution in [-0.4, -0.2) is 0 Å². The third-order valence-corrected chi connectivity index (χ3v) is 3.82. The van der Waals surface area contributed by atoms with Crippen LogP contribution in [0.1, 0.15) is 67.7 Å². The molecule has 2 unspecified atom stereocenters. The molecule has 0 nitrogen and oxygen atoms in total. The first kappa shape index (κ1) is 14.0. The normalized spacial score (nSPS) is 17.1. The highest BCUT2D eigenvalue weighted by atomic mass is 14.3. The van der Waals surface area contributed by atoms with Gasteiger partial charge in [-0.05, 0) is 36.0 Å². The van der Waals surface area contributed by atoms with Gasteiger partial charge in [0.15, 0.2) is 0 Å². The highest BCUT2D eigenvalue weighted by molar-refractivity contribution is 4.79. The Morgan fingerprint density at radius 1 is 1.00 bits per heavy atom. The summed E-state index contributed by atoms with van der Waals surface area (Å²) in [6, 6.07) is 0. The second-order valence-electron chi connectivity index (χ2n) is 6.13. The molecule has 14 heavy (non-hydrogen) atoms. The van der Waals surface area contributed by atoms with Crippen molar-refractivity contribution in [2.45, 2.75) is 67.7 Å². The Balaban J connectivity index is 4.21. The Labute approximate surface area is 91.5 Å². The van der Waals surface area contributed by atoms with Crippen LogP contribution in [0.15, 0.2) is 0 Å². The van der Waals surface area contributed by atoms with Crippen LogP contribution in [0.4, 0.5) is 0 Å². The van der Waals surface area contributed by atoms with Crippen molar-refractivity contribution in [2.75, 3.05) is 0 Å². The molecule has 0 bridgehead atoms. The van der Waals surface area contributed by atoms with Gasteiger partial charge in [0.2, 0.25) is 0 Å². The summed E-state index contributed by atoms with van der Waals surface area (Å²) in [5.74, 6) is 2.53. The molecule has 0 radical (unpaired) electrons. The molecule has 0 aliphatic carbocycles. The first-order valence-corrected chi connectivity index (χ1v) is 6.31. The third-order valence-electron chi connectivity index (χ3n) is 3.82. The number of hydrogen-bond donors (Lipinski definition) is 0. The number of rotatable bonds is 6. The fourth-order valence-electron chi connectivity index (χ4n) is 2.59. The SMILES string of the molecule is CCCC(C)(C)C(C)C(C)CC(C)C. The summed E-state index contributed by atoms with van der Waals surface area (Å²) >= 11 is 0. The maximum absolute atomic E-state index is 2.43. The standard InChI is InChI=1S/C14H30/c1-8-9-14(6,7)13(5)12(4)10-11(2)3/h11-13H,8-10H2,1-7H3. The van der Waals surface area contributed by atoms with E-state index < -0.39 is 0 Å². The lowest BCUT2D eigenvalue weighted by Gasteiger charge is -2.36. The zero-order valence-corrected chi connectivity index (χ0v) is 11.4. The van der Waals surface area contributed by atoms with Gasteiger partial charge in [0, 0.05) is 0 Å². The molecule has 0 amide bonds. The molecule has 0 spiro atoms. The highest BCUT2D eigenvalue weighted by Gasteiger charge is 2.29. The van der Waals surface area contributed by atoms with Gasteiger partial charge in [-0.2, -0.15) is 0 Å². The van der Waals surface area contributed by atoms with Crippen molar-refractivity contribution in [2.24, 2.45) is 23.2 Å². The van der Waals surface area contributed by atoms with E-state index in [-0.39, 0.29) is 0 Å². The van der Waals surface area contributed by atoms with Crippen molar-refractivity contribution in [3.63, 3.8) is 0 Å². The van der Waals surface area contributed by atoms with E-state index in [0.717, 1.165) is 17.8 Å². The zero-order valence-electron chi connectivity index (χ0n) is 11.4. The molecule has 0 aromatic rings. The van der Waals surface area contributed by atoms with Crippen LogP contribution in [-0.2, 0) is 0 Å². The van der Waals surface area contributed by atoms with Gasteiger partial charge in [-0.1, -0.05) is 54.9 Å². The minimum atomic E-state index is 0.517. The predicted molar refractivity (Wildman–Crippen MR) is 66.5 cm³/mol. The van der Waals surface area contributed by atoms with Gasteiger partial charge in [0.25, 0.3) is 0 Å². The largest absolute Gasteiger partial charge is 0.0654 e. The van der Waals surface area contributed by atoms with E-state index in [0.29, 0.717) is 5.41 Å². The lowest BCUT2D eigenvalue weighted by molar-refractivity contribution is 0.137. The summed E-state index contributed by atoms with van der Waals surface area (Å²) in [4.78, 5) is 0. The Hall–Kier alpha value is 0. The van der Waals surface area contributed by atoms with Gasteiger partial charge in [0.1, 0.15) is 0 Å². The van der Waals surface area contributed by atoms with Gasteiger partial charge in [0.05, 0.1) is 0 Å². The van der Waals surface area contributed by atoms with Crippen LogP contribution in [0.5, 0.6) is 0 Å². The maximum Gasteiger partial charge on any atom is -0.0326 e. The molecule has 0 heterocycles. The molecule has 0 heteroatoms. The van der Waals surface area contributed by atoms with Crippen molar-refractivity contribution in [3.05, 3.63) is 0 Å². The molecule has 0 aliphatic rings. The molecule has 0 aromatic carbocycles. The molecule has 0 N–H and O–H groups in total. The summed E-state index contributed by atoms with van der Waals surface area (Å²) in [5, 5.41) is 0. The molecule has 0 rings (SSSR count). The molecule has 0 aromatic heterocycles. The molecular weight excluding hydrogens is 168 g/mol. The van der Waals surface area contributed by atoms with Gasteiger partial charge in [-0.15, -0.1) is 0 Å². The maximum atomic E-state index is 2.43. The first-order valence-electron chi connectivity index (χ1n) is 6.31. The summed E-state index contributed by atoms with van der Waals surface area (Å²) in [6.07, 6.45) is 4.04. The molecule has 0 saturated carbocycles. The first-order chi connectivity index (χ1) is 6.31. The van der Waals surface area contributed by atoms with E-state index in [1.54, 1.807) is 0 Å². The lowest BCUT2D eigenvalue weighted by atomic mass is 9.69. The van der Waals surface area contributed by atoms with Gasteiger partial charge >= 0.3 is 0 Å². The fourth-order valence-corrected chi connectivity index (χ4v) is 2.59. The van der Waals surface area contributed by atoms with Gasteiger partial charge in [-0.3, -0.25) is 0 Å². The smallest absolute Gasteiger partial charge is 0.0326 e. The Bertz CT molecular complexity index is 144. The minimum absolute atomic E-state index is 0.517. The van der Waals surface area contributed by atoms with Crippen LogP contribution in [0, 0.1) is 23.2 Å². The summed E-state index contributed by atoms with van der Waals surface area (Å²) in [5.41, 5.74) is 0.517. The van der Waals surface area contributed by atoms with E-state index >= 15 is 0 Å². The Morgan fingerprint density at radius 3 is 1.86 bits per heavy atom. The second kappa shape index (κ2) is 5.78. The number of hydrogen-bond acceptors (Lipinski definition) is 0. The van der Waals surface area contributed by atoms with Gasteiger partial charge < -0.3 is 0 Å². The van der Waals surface area contributed by atoms with Crippen molar-refractivity contribution in [1.82, 2.24) is 0 Å². The molecule has 0 fully saturated rings. The topological polar surface area (TPSA) is 0 Å². The average Bonchev–Trinajstić information content (AvgIpc) is 2.01. The van der Waals surface area contributed by atoms with E-state index in [2.05, 4.69) is 48.5 Å². The van der Waals surface area contributed by atoms with Crippen molar-refractivity contribution in [1.29, 1.82) is 0 Å². The fraction of sp³-hybridized carbons (Fsp3) is 1.00. The van der Waals surface area contributed by atoms with Gasteiger partial charge in [-0.25, -0.2) is 0 Å². The van der Waals surface area contributed by atoms with Crippen molar-refractivity contribution in [3.8, 4) is 0 Å². The Kier molecular flexibility index (Phi) is 5.78. The third kappa shape index (κ3) is 4.48. The zero-order chi connectivity index (χ0) is 11.4. The van der Waals surface area contributed by atoms with Crippen LogP contribution < -0.4 is 0 Å². The summed E-state index contributed by atoms with van der Waals surface area (Å²) in [7, 11) is 0.